The number of fused-ring (bicyclic) bond motifs is 3. The van der Waals surface area contributed by atoms with Crippen molar-refractivity contribution in [1.82, 2.24) is 4.90 Å². The second-order valence-electron chi connectivity index (χ2n) is 8.46. The maximum absolute atomic E-state index is 13.4. The van der Waals surface area contributed by atoms with Crippen molar-refractivity contribution in [1.29, 1.82) is 0 Å². The van der Waals surface area contributed by atoms with Crippen LogP contribution >= 0.6 is 0 Å². The van der Waals surface area contributed by atoms with E-state index in [0.717, 1.165) is 0 Å². The van der Waals surface area contributed by atoms with Crippen molar-refractivity contribution in [2.24, 2.45) is 17.6 Å². The molecule has 9 heteroatoms. The van der Waals surface area contributed by atoms with Crippen LogP contribution in [0, 0.1) is 11.8 Å². The van der Waals surface area contributed by atoms with Crippen molar-refractivity contribution < 1.29 is 34.4 Å². The van der Waals surface area contributed by atoms with Gasteiger partial charge in [0.15, 0.2) is 17.2 Å². The molecule has 0 spiro atoms. The van der Waals surface area contributed by atoms with Crippen molar-refractivity contribution in [2.75, 3.05) is 21.2 Å². The number of hydrogen-bond acceptors (Lipinski definition) is 8. The lowest BCUT2D eigenvalue weighted by Gasteiger charge is -2.51. The van der Waals surface area contributed by atoms with Crippen LogP contribution in [0.2, 0.25) is 0 Å². The predicted molar refractivity (Wildman–Crippen MR) is 108 cm³/mol. The number of likely N-dealkylation sites (N-methyl/N-ethyl adjacent to an activating group) is 1. The zero-order chi connectivity index (χ0) is 22.8. The number of rotatable bonds is 3. The number of nitrogens with zero attached hydrogens (tertiary/aromatic N) is 1. The number of Topliss-reactive ketones (excluding diaryl/α,β-unsaturated/α-hetero) is 2. The van der Waals surface area contributed by atoms with E-state index in [1.807, 2.05) is 0 Å². The van der Waals surface area contributed by atoms with E-state index in [0.29, 0.717) is 12.0 Å². The zero-order valence-corrected chi connectivity index (χ0v) is 17.4. The molecule has 0 heterocycles. The summed E-state index contributed by atoms with van der Waals surface area (Å²) in [7, 11) is 4.48. The Kier molecular flexibility index (Phi) is 4.71. The minimum absolute atomic E-state index is 0.109. The van der Waals surface area contributed by atoms with Crippen LogP contribution in [-0.2, 0) is 20.7 Å². The molecule has 3 aliphatic rings. The topological polar surface area (TPSA) is 150 Å². The number of nitrogens with two attached hydrogens (primary N) is 1. The standard InChI is InChI=1S/C22H24N2O7/c1-24(2)16-11-8-10-7-9-5-4-6-12(25)13(9)17(26)14(10)20(31-3)22(11,30)19(28)15(18(16)27)21(23)29/h4-6,10-11,16,25,28,30H,7-8H2,1-3H3,(H2,23,29)/t10-,11-,16-,22+/m0/s1. The summed E-state index contributed by atoms with van der Waals surface area (Å²) in [5.41, 5.74) is 3.22. The molecule has 0 aromatic heterocycles. The third-order valence-corrected chi connectivity index (χ3v) is 6.64. The van der Waals surface area contributed by atoms with Gasteiger partial charge in [-0.05, 0) is 44.5 Å². The Labute approximate surface area is 178 Å². The Morgan fingerprint density at radius 1 is 1.26 bits per heavy atom. The van der Waals surface area contributed by atoms with Crippen LogP contribution in [-0.4, -0.2) is 70.5 Å². The van der Waals surface area contributed by atoms with Gasteiger partial charge in [0.1, 0.15) is 22.8 Å². The number of primary amides is 1. The number of aromatic hydroxyl groups is 1. The highest BCUT2D eigenvalue weighted by Gasteiger charge is 2.62. The van der Waals surface area contributed by atoms with Gasteiger partial charge in [0.25, 0.3) is 5.91 Å². The number of phenolic OH excluding ortho intramolecular Hbond substituents is 1. The molecule has 0 radical (unpaired) electrons. The summed E-state index contributed by atoms with van der Waals surface area (Å²) < 4.78 is 5.47. The van der Waals surface area contributed by atoms with Gasteiger partial charge in [0.2, 0.25) is 0 Å². The highest BCUT2D eigenvalue weighted by molar-refractivity contribution is 6.22. The molecule has 0 saturated heterocycles. The molecule has 164 valence electrons. The Bertz CT molecular complexity index is 1090. The highest BCUT2D eigenvalue weighted by Crippen LogP contribution is 2.53. The number of allylic oxidation sites excluding steroid dienone is 1. The first-order valence-corrected chi connectivity index (χ1v) is 9.86. The average molecular weight is 428 g/mol. The molecule has 4 rings (SSSR count). The third kappa shape index (κ3) is 2.66. The van der Waals surface area contributed by atoms with Crippen LogP contribution in [0.3, 0.4) is 0 Å². The lowest BCUT2D eigenvalue weighted by molar-refractivity contribution is -0.137. The van der Waals surface area contributed by atoms with E-state index in [1.54, 1.807) is 31.1 Å². The Hall–Kier alpha value is -3.17. The number of carbonyl (C=O) groups is 3. The largest absolute Gasteiger partial charge is 0.508 e. The van der Waals surface area contributed by atoms with Gasteiger partial charge < -0.3 is 25.8 Å². The molecule has 9 nitrogen and oxygen atoms in total. The summed E-state index contributed by atoms with van der Waals surface area (Å²) >= 11 is 0. The Morgan fingerprint density at radius 3 is 2.52 bits per heavy atom. The third-order valence-electron chi connectivity index (χ3n) is 6.64. The van der Waals surface area contributed by atoms with Gasteiger partial charge in [-0.3, -0.25) is 19.3 Å². The number of carbonyl (C=O) groups excluding carboxylic acids is 3. The number of aliphatic hydroxyl groups is 2. The van der Waals surface area contributed by atoms with E-state index < -0.39 is 52.3 Å². The molecule has 0 saturated carbocycles. The Balaban J connectivity index is 2.03. The van der Waals surface area contributed by atoms with E-state index in [9.17, 15) is 29.7 Å². The van der Waals surface area contributed by atoms with E-state index in [4.69, 9.17) is 10.5 Å². The molecular formula is C22H24N2O7. The number of aliphatic hydroxyl groups excluding tert-OH is 1. The summed E-state index contributed by atoms with van der Waals surface area (Å²) in [6.45, 7) is 0. The van der Waals surface area contributed by atoms with Crippen LogP contribution in [0.5, 0.6) is 5.75 Å². The van der Waals surface area contributed by atoms with Gasteiger partial charge in [0.05, 0.1) is 18.7 Å². The Morgan fingerprint density at radius 2 is 1.94 bits per heavy atom. The maximum Gasteiger partial charge on any atom is 0.255 e. The van der Waals surface area contributed by atoms with Crippen LogP contribution < -0.4 is 5.73 Å². The van der Waals surface area contributed by atoms with Crippen molar-refractivity contribution in [3.8, 4) is 5.75 Å². The summed E-state index contributed by atoms with van der Waals surface area (Å²) in [5, 5.41) is 32.9. The molecule has 0 fully saturated rings. The van der Waals surface area contributed by atoms with E-state index in [1.165, 1.54) is 13.2 Å². The lowest BCUT2D eigenvalue weighted by Crippen LogP contribution is -2.63. The van der Waals surface area contributed by atoms with Gasteiger partial charge in [-0.2, -0.15) is 0 Å². The summed E-state index contributed by atoms with van der Waals surface area (Å²) in [6, 6.07) is 3.81. The maximum atomic E-state index is 13.4. The quantitative estimate of drug-likeness (QED) is 0.499. The lowest BCUT2D eigenvalue weighted by atomic mass is 9.59. The normalized spacial score (nSPS) is 30.2. The van der Waals surface area contributed by atoms with E-state index in [2.05, 4.69) is 0 Å². The van der Waals surface area contributed by atoms with Crippen molar-refractivity contribution in [2.45, 2.75) is 24.5 Å². The van der Waals surface area contributed by atoms with Crippen molar-refractivity contribution in [3.63, 3.8) is 0 Å². The van der Waals surface area contributed by atoms with E-state index >= 15 is 0 Å². The number of benzene rings is 1. The van der Waals surface area contributed by atoms with Gasteiger partial charge in [-0.1, -0.05) is 12.1 Å². The number of amides is 1. The van der Waals surface area contributed by atoms with Crippen molar-refractivity contribution >= 4 is 17.5 Å². The minimum Gasteiger partial charge on any atom is -0.508 e. The average Bonchev–Trinajstić information content (AvgIpc) is 2.68. The zero-order valence-electron chi connectivity index (χ0n) is 17.4. The summed E-state index contributed by atoms with van der Waals surface area (Å²) in [6.07, 6.45) is 0.552. The molecule has 1 amide bonds. The molecule has 1 aromatic carbocycles. The molecule has 3 aliphatic carbocycles. The first-order valence-electron chi connectivity index (χ1n) is 9.86. The van der Waals surface area contributed by atoms with Gasteiger partial charge in [0, 0.05) is 11.5 Å². The molecule has 1 aromatic rings. The molecule has 4 atom stereocenters. The number of methoxy groups -OCH3 is 1. The second kappa shape index (κ2) is 6.93. The van der Waals surface area contributed by atoms with Crippen LogP contribution in [0.15, 0.2) is 40.9 Å². The van der Waals surface area contributed by atoms with Crippen LogP contribution in [0.4, 0.5) is 0 Å². The SMILES string of the molecule is COC1=C2C(=O)c3c(O)cccc3C[C@H]2C[C@H]2[C@H](N(C)C)C(=O)C(C(N)=O)=C(O)[C@@]12O. The fourth-order valence-corrected chi connectivity index (χ4v) is 5.42. The smallest absolute Gasteiger partial charge is 0.255 e. The van der Waals surface area contributed by atoms with E-state index in [-0.39, 0.29) is 29.1 Å². The fourth-order valence-electron chi connectivity index (χ4n) is 5.42. The molecule has 31 heavy (non-hydrogen) atoms. The van der Waals surface area contributed by atoms with Gasteiger partial charge in [-0.15, -0.1) is 0 Å². The van der Waals surface area contributed by atoms with Gasteiger partial charge >= 0.3 is 0 Å². The molecule has 5 N–H and O–H groups in total. The summed E-state index contributed by atoms with van der Waals surface area (Å²) in [4.78, 5) is 40.0. The van der Waals surface area contributed by atoms with Gasteiger partial charge in [-0.25, -0.2) is 0 Å². The molecule has 0 bridgehead atoms. The molecule has 0 unspecified atom stereocenters. The first kappa shape index (κ1) is 21.1. The van der Waals surface area contributed by atoms with Crippen molar-refractivity contribution in [3.05, 3.63) is 52.0 Å². The monoisotopic (exact) mass is 428 g/mol. The van der Waals surface area contributed by atoms with Crippen LogP contribution in [0.1, 0.15) is 22.3 Å². The predicted octanol–water partition coefficient (Wildman–Crippen LogP) is 0.209. The number of hydrogen-bond donors (Lipinski definition) is 4. The summed E-state index contributed by atoms with van der Waals surface area (Å²) in [5.74, 6) is -5.05. The number of phenols is 1. The minimum atomic E-state index is -2.30. The number of ether oxygens (including phenoxy) is 1. The number of ketones is 2. The molecule has 0 aliphatic heterocycles. The fraction of sp³-hybridized carbons (Fsp3) is 0.409. The van der Waals surface area contributed by atoms with Crippen LogP contribution in [0.25, 0.3) is 0 Å². The second-order valence-corrected chi connectivity index (χ2v) is 8.46. The highest BCUT2D eigenvalue weighted by atomic mass is 16.5. The first-order chi connectivity index (χ1) is 14.5. The molecular weight excluding hydrogens is 404 g/mol.